The Labute approximate surface area is 345 Å². The van der Waals surface area contributed by atoms with Crippen LogP contribution >= 0.6 is 0 Å². The number of fused-ring (bicyclic) bond motifs is 9. The zero-order valence-electron chi connectivity index (χ0n) is 33.1. The molecule has 0 saturated heterocycles. The van der Waals surface area contributed by atoms with Gasteiger partial charge in [0.05, 0.1) is 12.6 Å². The van der Waals surface area contributed by atoms with Gasteiger partial charge in [-0.25, -0.2) is 4.57 Å². The van der Waals surface area contributed by atoms with Crippen molar-refractivity contribution >= 4 is 11.0 Å². The molecule has 0 atom stereocenters. The van der Waals surface area contributed by atoms with Crippen LogP contribution in [0.25, 0.3) is 106 Å². The highest BCUT2D eigenvalue weighted by atomic mass is 15.2. The second-order valence-electron chi connectivity index (χ2n) is 15.6. The maximum Gasteiger partial charge on any atom is 0.295 e. The van der Waals surface area contributed by atoms with E-state index in [-0.39, 0.29) is 0 Å². The summed E-state index contributed by atoms with van der Waals surface area (Å²) in [4.78, 5) is 0. The molecule has 2 heteroatoms. The maximum absolute atomic E-state index is 2.54. The molecule has 0 saturated carbocycles. The van der Waals surface area contributed by atoms with Gasteiger partial charge >= 0.3 is 0 Å². The number of rotatable bonds is 5. The third-order valence-electron chi connectivity index (χ3n) is 12.2. The topological polar surface area (TPSA) is 8.81 Å². The van der Waals surface area contributed by atoms with Crippen molar-refractivity contribution in [3.63, 3.8) is 0 Å². The van der Waals surface area contributed by atoms with Crippen LogP contribution in [0.2, 0.25) is 0 Å². The fourth-order valence-electron chi connectivity index (χ4n) is 9.44. The van der Waals surface area contributed by atoms with Crippen molar-refractivity contribution in [1.82, 2.24) is 4.57 Å². The minimum absolute atomic E-state index is 1.13. The molecule has 0 aliphatic heterocycles. The predicted octanol–water partition coefficient (Wildman–Crippen LogP) is 14.4. The van der Waals surface area contributed by atoms with Gasteiger partial charge in [-0.2, -0.15) is 4.57 Å². The molecule has 0 spiro atoms. The van der Waals surface area contributed by atoms with Gasteiger partial charge in [-0.05, 0) is 116 Å². The van der Waals surface area contributed by atoms with Gasteiger partial charge in [-0.15, -0.1) is 0 Å². The van der Waals surface area contributed by atoms with Crippen molar-refractivity contribution in [1.29, 1.82) is 0 Å². The molecule has 1 aliphatic carbocycles. The third-order valence-corrected chi connectivity index (χ3v) is 12.2. The molecule has 0 radical (unpaired) electrons. The number of para-hydroxylation sites is 2. The van der Waals surface area contributed by atoms with Crippen LogP contribution in [0.5, 0.6) is 0 Å². The highest BCUT2D eigenvalue weighted by Crippen LogP contribution is 2.50. The van der Waals surface area contributed by atoms with Crippen molar-refractivity contribution in [3.8, 4) is 95.0 Å². The fraction of sp³-hybridized carbons (Fsp3) is 0.0351. The number of hydrogen-bond donors (Lipinski definition) is 0. The summed E-state index contributed by atoms with van der Waals surface area (Å²) in [6.45, 7) is 2.29. The average molecular weight is 754 g/mol. The molecule has 1 aromatic heterocycles. The zero-order valence-corrected chi connectivity index (χ0v) is 33.1. The number of imidazole rings is 1. The first-order chi connectivity index (χ1) is 29.1. The Bertz CT molecular complexity index is 3150. The molecule has 278 valence electrons. The van der Waals surface area contributed by atoms with Crippen LogP contribution in [-0.4, -0.2) is 4.57 Å². The SMILES string of the molecule is Cc1cc2c(cc1-c1n(-c3c(-c4ccccc4)cc(-c4ccccc4)cc3-c3ccccc3)c3ccccc3[n+]1C)-c1ccccc1-c1ccccc1-c1ccccc1-2. The van der Waals surface area contributed by atoms with Gasteiger partial charge < -0.3 is 0 Å². The lowest BCUT2D eigenvalue weighted by Gasteiger charge is -2.24. The second-order valence-corrected chi connectivity index (χ2v) is 15.6. The van der Waals surface area contributed by atoms with Crippen LogP contribution in [0.1, 0.15) is 5.56 Å². The van der Waals surface area contributed by atoms with Crippen LogP contribution in [0.3, 0.4) is 0 Å². The Morgan fingerprint density at radius 3 is 1.20 bits per heavy atom. The van der Waals surface area contributed by atoms with Crippen LogP contribution < -0.4 is 4.57 Å². The van der Waals surface area contributed by atoms with E-state index in [1.54, 1.807) is 0 Å². The minimum atomic E-state index is 1.13. The zero-order chi connectivity index (χ0) is 39.5. The monoisotopic (exact) mass is 753 g/mol. The standard InChI is InChI=1S/C57H41N2/c1-38-34-52-47-30-16-14-28-45(47)43-26-12-13-27-44(43)46-29-15-17-31-48(46)53(52)37-49(38)57-58(2)54-32-18-19-33-55(54)59(57)56-50(40-22-8-4-9-23-40)35-42(39-20-6-3-7-21-39)36-51(56)41-24-10-5-11-25-41/h3-37H,1-2H3/q+1. The van der Waals surface area contributed by atoms with E-state index in [1.807, 2.05) is 0 Å². The molecule has 0 bridgehead atoms. The first-order valence-electron chi connectivity index (χ1n) is 20.4. The molecule has 11 rings (SSSR count). The normalized spacial score (nSPS) is 11.6. The van der Waals surface area contributed by atoms with Crippen LogP contribution in [-0.2, 0) is 7.05 Å². The lowest BCUT2D eigenvalue weighted by atomic mass is 9.79. The second kappa shape index (κ2) is 14.1. The van der Waals surface area contributed by atoms with Gasteiger partial charge in [0.15, 0.2) is 11.0 Å². The van der Waals surface area contributed by atoms with E-state index < -0.39 is 0 Å². The van der Waals surface area contributed by atoms with Gasteiger partial charge in [0.1, 0.15) is 5.69 Å². The summed E-state index contributed by atoms with van der Waals surface area (Å²) in [7, 11) is 2.23. The molecular weight excluding hydrogens is 713 g/mol. The molecule has 0 unspecified atom stereocenters. The van der Waals surface area contributed by atoms with Crippen LogP contribution in [0.4, 0.5) is 0 Å². The smallest absolute Gasteiger partial charge is 0.225 e. The summed E-state index contributed by atoms with van der Waals surface area (Å²) in [5.74, 6) is 1.13. The predicted molar refractivity (Wildman–Crippen MR) is 246 cm³/mol. The highest BCUT2D eigenvalue weighted by Gasteiger charge is 2.33. The Kier molecular flexibility index (Phi) is 8.30. The average Bonchev–Trinajstić information content (AvgIpc) is 3.60. The Morgan fingerprint density at radius 2 is 0.712 bits per heavy atom. The Balaban J connectivity index is 1.27. The van der Waals surface area contributed by atoms with Crippen molar-refractivity contribution in [3.05, 3.63) is 218 Å². The van der Waals surface area contributed by atoms with E-state index >= 15 is 0 Å². The number of hydrogen-bond acceptors (Lipinski definition) is 0. The first kappa shape index (κ1) is 34.7. The summed E-state index contributed by atoms with van der Waals surface area (Å²) in [5.41, 5.74) is 22.9. The Morgan fingerprint density at radius 1 is 0.322 bits per heavy atom. The molecule has 0 amide bonds. The number of benzene rings is 9. The molecule has 2 nitrogen and oxygen atoms in total. The van der Waals surface area contributed by atoms with E-state index in [4.69, 9.17) is 0 Å². The van der Waals surface area contributed by atoms with Crippen molar-refractivity contribution in [2.75, 3.05) is 0 Å². The summed E-state index contributed by atoms with van der Waals surface area (Å²) in [6.07, 6.45) is 0. The number of nitrogens with zero attached hydrogens (tertiary/aromatic N) is 2. The number of aromatic nitrogens is 2. The van der Waals surface area contributed by atoms with Crippen molar-refractivity contribution < 1.29 is 4.57 Å². The maximum atomic E-state index is 2.54. The van der Waals surface area contributed by atoms with Gasteiger partial charge in [-0.1, -0.05) is 176 Å². The molecule has 1 aliphatic rings. The molecule has 10 aromatic rings. The number of aryl methyl sites for hydroxylation is 2. The molecular formula is C57H41N2+. The quantitative estimate of drug-likeness (QED) is 0.155. The van der Waals surface area contributed by atoms with E-state index in [2.05, 4.69) is 235 Å². The summed E-state index contributed by atoms with van der Waals surface area (Å²) in [5, 5.41) is 0. The Hall–Kier alpha value is -7.55. The lowest BCUT2D eigenvalue weighted by molar-refractivity contribution is -0.633. The van der Waals surface area contributed by atoms with Crippen LogP contribution in [0.15, 0.2) is 212 Å². The van der Waals surface area contributed by atoms with Crippen molar-refractivity contribution in [2.45, 2.75) is 6.92 Å². The van der Waals surface area contributed by atoms with Gasteiger partial charge in [0, 0.05) is 11.1 Å². The lowest BCUT2D eigenvalue weighted by Crippen LogP contribution is -2.30. The van der Waals surface area contributed by atoms with E-state index in [0.29, 0.717) is 0 Å². The molecule has 1 heterocycles. The van der Waals surface area contributed by atoms with E-state index in [1.165, 1.54) is 94.5 Å². The van der Waals surface area contributed by atoms with E-state index in [0.717, 1.165) is 17.0 Å². The summed E-state index contributed by atoms with van der Waals surface area (Å²) >= 11 is 0. The van der Waals surface area contributed by atoms with Crippen LogP contribution in [0, 0.1) is 6.92 Å². The summed E-state index contributed by atoms with van der Waals surface area (Å²) in [6, 6.07) is 77.9. The fourth-order valence-corrected chi connectivity index (χ4v) is 9.44. The summed E-state index contributed by atoms with van der Waals surface area (Å²) < 4.78 is 4.94. The minimum Gasteiger partial charge on any atom is -0.225 e. The molecule has 0 N–H and O–H groups in total. The molecule has 59 heavy (non-hydrogen) atoms. The van der Waals surface area contributed by atoms with Gasteiger partial charge in [0.2, 0.25) is 0 Å². The highest BCUT2D eigenvalue weighted by molar-refractivity contribution is 6.04. The first-order valence-corrected chi connectivity index (χ1v) is 20.4. The third kappa shape index (κ3) is 5.68. The largest absolute Gasteiger partial charge is 0.295 e. The van der Waals surface area contributed by atoms with E-state index in [9.17, 15) is 0 Å². The molecule has 0 fully saturated rings. The van der Waals surface area contributed by atoms with Crippen molar-refractivity contribution in [2.24, 2.45) is 7.05 Å². The van der Waals surface area contributed by atoms with Gasteiger partial charge in [0.25, 0.3) is 5.82 Å². The van der Waals surface area contributed by atoms with Gasteiger partial charge in [-0.3, -0.25) is 0 Å². The molecule has 9 aromatic carbocycles.